The first kappa shape index (κ1) is 13.8. The summed E-state index contributed by atoms with van der Waals surface area (Å²) in [6.45, 7) is 0. The van der Waals surface area contributed by atoms with Crippen LogP contribution in [0.3, 0.4) is 0 Å². The third-order valence-corrected chi connectivity index (χ3v) is 4.00. The molecule has 0 bridgehead atoms. The highest BCUT2D eigenvalue weighted by molar-refractivity contribution is 7.89. The van der Waals surface area contributed by atoms with Crippen LogP contribution in [0, 0.1) is 0 Å². The summed E-state index contributed by atoms with van der Waals surface area (Å²) in [6, 6.07) is 2.54. The van der Waals surface area contributed by atoms with Crippen LogP contribution in [-0.2, 0) is 28.9 Å². The zero-order chi connectivity index (χ0) is 13.3. The molecule has 0 radical (unpaired) electrons. The fourth-order valence-electron chi connectivity index (χ4n) is 1.03. The molecule has 0 amide bonds. The summed E-state index contributed by atoms with van der Waals surface area (Å²) in [7, 11) is -9.74. The minimum absolute atomic E-state index is 0.719. The van der Waals surface area contributed by atoms with E-state index in [1.807, 2.05) is 0 Å². The normalized spacial score (nSPS) is 12.6. The number of hydrogen-bond donors (Lipinski definition) is 3. The van der Waals surface area contributed by atoms with Gasteiger partial charge >= 0.3 is 20.2 Å². The molecular weight excluding hydrogens is 280 g/mol. The Balaban J connectivity index is 3.73. The minimum atomic E-state index is -4.92. The maximum absolute atomic E-state index is 11.2. The van der Waals surface area contributed by atoms with Gasteiger partial charge in [0.1, 0.15) is 10.6 Å². The van der Waals surface area contributed by atoms with Crippen LogP contribution in [0.15, 0.2) is 28.0 Å². The van der Waals surface area contributed by atoms with Crippen molar-refractivity contribution in [3.8, 4) is 5.75 Å². The average molecular weight is 286 g/mol. The molecule has 1 aromatic carbocycles. The SMILES string of the molecule is O=S(=O)(OO)c1cccc(O)c1S(=O)(=O)OO. The molecule has 0 heterocycles. The van der Waals surface area contributed by atoms with Crippen molar-refractivity contribution in [2.45, 2.75) is 9.79 Å². The van der Waals surface area contributed by atoms with Crippen LogP contribution in [0.5, 0.6) is 5.75 Å². The van der Waals surface area contributed by atoms with Gasteiger partial charge < -0.3 is 5.11 Å². The first-order valence-electron chi connectivity index (χ1n) is 3.74. The third-order valence-electron chi connectivity index (χ3n) is 1.67. The summed E-state index contributed by atoms with van der Waals surface area (Å²) >= 11 is 0. The van der Waals surface area contributed by atoms with E-state index in [0.717, 1.165) is 18.2 Å². The van der Waals surface area contributed by atoms with E-state index in [4.69, 9.17) is 10.5 Å². The number of aromatic hydroxyl groups is 1. The van der Waals surface area contributed by atoms with E-state index >= 15 is 0 Å². The Morgan fingerprint density at radius 1 is 0.941 bits per heavy atom. The highest BCUT2D eigenvalue weighted by atomic mass is 32.2. The molecule has 11 heteroatoms. The second-order valence-corrected chi connectivity index (χ2v) is 5.62. The number of hydrogen-bond acceptors (Lipinski definition) is 9. The smallest absolute Gasteiger partial charge is 0.328 e. The molecule has 17 heavy (non-hydrogen) atoms. The summed E-state index contributed by atoms with van der Waals surface area (Å²) in [5.74, 6) is -1.00. The predicted molar refractivity (Wildman–Crippen MR) is 49.9 cm³/mol. The maximum Gasteiger partial charge on any atom is 0.328 e. The fourth-order valence-corrected chi connectivity index (χ4v) is 3.01. The highest BCUT2D eigenvalue weighted by Gasteiger charge is 2.31. The van der Waals surface area contributed by atoms with Gasteiger partial charge in [-0.15, -0.1) is 8.67 Å². The average Bonchev–Trinajstić information content (AvgIpc) is 2.28. The van der Waals surface area contributed by atoms with Gasteiger partial charge in [0.25, 0.3) is 0 Å². The lowest BCUT2D eigenvalue weighted by molar-refractivity contribution is -0.132. The van der Waals surface area contributed by atoms with Gasteiger partial charge in [-0.05, 0) is 12.1 Å². The van der Waals surface area contributed by atoms with E-state index in [1.54, 1.807) is 0 Å². The van der Waals surface area contributed by atoms with Gasteiger partial charge in [0.2, 0.25) is 0 Å². The summed E-state index contributed by atoms with van der Waals surface area (Å²) in [6.07, 6.45) is 0. The Bertz CT molecular complexity index is 615. The number of rotatable bonds is 4. The number of phenols is 1. The molecule has 96 valence electrons. The van der Waals surface area contributed by atoms with Crippen molar-refractivity contribution >= 4 is 20.2 Å². The molecule has 0 aliphatic carbocycles. The maximum atomic E-state index is 11.2. The van der Waals surface area contributed by atoms with Crippen LogP contribution in [0.4, 0.5) is 0 Å². The molecule has 0 fully saturated rings. The lowest BCUT2D eigenvalue weighted by atomic mass is 10.3. The summed E-state index contributed by atoms with van der Waals surface area (Å²) in [4.78, 5) is -2.34. The Morgan fingerprint density at radius 2 is 1.47 bits per heavy atom. The standard InChI is InChI=1S/C6H6O9S2/c7-4-2-1-3-5(16(10,11)14-8)6(4)17(12,13)15-9/h1-3,7-9H. The van der Waals surface area contributed by atoms with Gasteiger partial charge in [0.15, 0.2) is 4.90 Å². The Kier molecular flexibility index (Phi) is 3.71. The first-order valence-corrected chi connectivity index (χ1v) is 6.56. The summed E-state index contributed by atoms with van der Waals surface area (Å²) < 4.78 is 50.9. The van der Waals surface area contributed by atoms with Crippen molar-refractivity contribution < 1.29 is 41.1 Å². The summed E-state index contributed by atoms with van der Waals surface area (Å²) in [5.41, 5.74) is 0. The molecule has 0 aliphatic heterocycles. The molecule has 0 aliphatic rings. The van der Waals surface area contributed by atoms with Gasteiger partial charge in [-0.2, -0.15) is 16.8 Å². The zero-order valence-electron chi connectivity index (χ0n) is 7.84. The topological polar surface area (TPSA) is 147 Å². The van der Waals surface area contributed by atoms with E-state index in [9.17, 15) is 21.9 Å². The Hall–Kier alpha value is -1.24. The zero-order valence-corrected chi connectivity index (χ0v) is 9.47. The second kappa shape index (κ2) is 4.56. The van der Waals surface area contributed by atoms with E-state index in [0.29, 0.717) is 0 Å². The molecule has 0 unspecified atom stereocenters. The molecule has 1 rings (SSSR count). The molecular formula is C6H6O9S2. The van der Waals surface area contributed by atoms with Gasteiger partial charge in [0, 0.05) is 0 Å². The first-order chi connectivity index (χ1) is 7.76. The van der Waals surface area contributed by atoms with E-state index in [2.05, 4.69) is 8.67 Å². The van der Waals surface area contributed by atoms with Crippen molar-refractivity contribution in [2.75, 3.05) is 0 Å². The van der Waals surface area contributed by atoms with Crippen molar-refractivity contribution in [3.63, 3.8) is 0 Å². The molecule has 0 atom stereocenters. The third kappa shape index (κ3) is 2.54. The van der Waals surface area contributed by atoms with Crippen molar-refractivity contribution in [3.05, 3.63) is 18.2 Å². The van der Waals surface area contributed by atoms with Crippen molar-refractivity contribution in [2.24, 2.45) is 0 Å². The van der Waals surface area contributed by atoms with Crippen LogP contribution in [0.25, 0.3) is 0 Å². The lowest BCUT2D eigenvalue weighted by Crippen LogP contribution is -2.12. The van der Waals surface area contributed by atoms with Crippen LogP contribution in [-0.4, -0.2) is 32.5 Å². The van der Waals surface area contributed by atoms with Gasteiger partial charge in [0.05, 0.1) is 0 Å². The molecule has 9 nitrogen and oxygen atoms in total. The molecule has 0 saturated carbocycles. The summed E-state index contributed by atoms with van der Waals surface area (Å²) in [5, 5.41) is 25.5. The van der Waals surface area contributed by atoms with E-state index in [1.165, 1.54) is 0 Å². The van der Waals surface area contributed by atoms with Crippen molar-refractivity contribution in [1.82, 2.24) is 0 Å². The van der Waals surface area contributed by atoms with Crippen LogP contribution >= 0.6 is 0 Å². The largest absolute Gasteiger partial charge is 0.506 e. The van der Waals surface area contributed by atoms with Gasteiger partial charge in [-0.3, -0.25) is 0 Å². The van der Waals surface area contributed by atoms with Gasteiger partial charge in [-0.1, -0.05) is 6.07 Å². The Morgan fingerprint density at radius 3 is 1.94 bits per heavy atom. The minimum Gasteiger partial charge on any atom is -0.506 e. The Labute approximate surface area is 95.6 Å². The molecule has 3 N–H and O–H groups in total. The van der Waals surface area contributed by atoms with Gasteiger partial charge in [-0.25, -0.2) is 10.5 Å². The monoisotopic (exact) mass is 286 g/mol. The highest BCUT2D eigenvalue weighted by Crippen LogP contribution is 2.31. The second-order valence-electron chi connectivity index (χ2n) is 2.66. The van der Waals surface area contributed by atoms with E-state index < -0.39 is 35.8 Å². The quantitative estimate of drug-likeness (QED) is 0.503. The van der Waals surface area contributed by atoms with Crippen LogP contribution in [0.1, 0.15) is 0 Å². The van der Waals surface area contributed by atoms with Crippen LogP contribution in [0.2, 0.25) is 0 Å². The number of benzene rings is 1. The molecule has 1 aromatic rings. The number of phenolic OH excluding ortho intramolecular Hbond substituents is 1. The predicted octanol–water partition coefficient (Wildman–Crippen LogP) is -0.251. The van der Waals surface area contributed by atoms with E-state index in [-0.39, 0.29) is 0 Å². The van der Waals surface area contributed by atoms with Crippen LogP contribution < -0.4 is 0 Å². The van der Waals surface area contributed by atoms with Crippen molar-refractivity contribution in [1.29, 1.82) is 0 Å². The fraction of sp³-hybridized carbons (Fsp3) is 0. The molecule has 0 saturated heterocycles. The molecule has 0 aromatic heterocycles. The molecule has 0 spiro atoms. The lowest BCUT2D eigenvalue weighted by Gasteiger charge is -2.07.